The van der Waals surface area contributed by atoms with E-state index >= 15 is 0 Å². The number of hydrogen-bond donors (Lipinski definition) is 2. The molecule has 0 radical (unpaired) electrons. The van der Waals surface area contributed by atoms with Crippen LogP contribution in [0, 0.1) is 0 Å². The van der Waals surface area contributed by atoms with E-state index in [0.717, 1.165) is 5.56 Å². The number of rotatable bonds is 9. The number of benzene rings is 3. The Morgan fingerprint density at radius 1 is 1.05 bits per heavy atom. The van der Waals surface area contributed by atoms with Crippen molar-refractivity contribution >= 4 is 32.5 Å². The van der Waals surface area contributed by atoms with E-state index in [2.05, 4.69) is 34.3 Å². The molecule has 200 valence electrons. The molecule has 0 saturated carbocycles. The molecular formula is C29H28N4O5S. The predicted octanol–water partition coefficient (Wildman–Crippen LogP) is 5.82. The zero-order valence-corrected chi connectivity index (χ0v) is 22.6. The lowest BCUT2D eigenvalue weighted by Crippen LogP contribution is -2.20. The molecule has 0 aliphatic rings. The maximum atomic E-state index is 12.4. The minimum Gasteiger partial charge on any atom is -0.484 e. The summed E-state index contributed by atoms with van der Waals surface area (Å²) in [5.41, 5.74) is 4.86. The number of carbonyl (C=O) groups is 1. The van der Waals surface area contributed by atoms with Crippen molar-refractivity contribution in [1.82, 2.24) is 15.2 Å². The minimum absolute atomic E-state index is 0.00476. The van der Waals surface area contributed by atoms with Crippen LogP contribution in [0.15, 0.2) is 82.2 Å². The summed E-state index contributed by atoms with van der Waals surface area (Å²) in [6.07, 6.45) is 1.60. The molecule has 0 saturated heterocycles. The van der Waals surface area contributed by atoms with Crippen LogP contribution in [0.5, 0.6) is 5.75 Å². The van der Waals surface area contributed by atoms with Gasteiger partial charge < -0.3 is 14.5 Å². The van der Waals surface area contributed by atoms with Gasteiger partial charge in [0.15, 0.2) is 22.0 Å². The Balaban J connectivity index is 1.27. The van der Waals surface area contributed by atoms with Gasteiger partial charge in [-0.05, 0) is 53.9 Å². The van der Waals surface area contributed by atoms with Gasteiger partial charge in [-0.3, -0.25) is 9.89 Å². The maximum Gasteiger partial charge on any atom is 0.262 e. The minimum atomic E-state index is -3.36. The van der Waals surface area contributed by atoms with Crippen LogP contribution in [0.2, 0.25) is 0 Å². The van der Waals surface area contributed by atoms with Gasteiger partial charge >= 0.3 is 0 Å². The van der Waals surface area contributed by atoms with Crippen LogP contribution in [0.25, 0.3) is 33.8 Å². The number of aromatic amines is 1. The van der Waals surface area contributed by atoms with Gasteiger partial charge in [0, 0.05) is 11.3 Å². The smallest absolute Gasteiger partial charge is 0.262 e. The molecular weight excluding hydrogens is 516 g/mol. The van der Waals surface area contributed by atoms with Gasteiger partial charge in [-0.1, -0.05) is 45.0 Å². The quantitative estimate of drug-likeness (QED) is 0.239. The summed E-state index contributed by atoms with van der Waals surface area (Å²) in [7, 11) is -3.36. The monoisotopic (exact) mass is 544 g/mol. The number of nitrogens with one attached hydrogen (secondary N) is 2. The molecule has 2 N–H and O–H groups in total. The topological polar surface area (TPSA) is 127 Å². The first-order chi connectivity index (χ1) is 18.7. The third-order valence-electron chi connectivity index (χ3n) is 6.34. The molecule has 0 aliphatic heterocycles. The van der Waals surface area contributed by atoms with E-state index in [-0.39, 0.29) is 23.2 Å². The van der Waals surface area contributed by atoms with Crippen LogP contribution in [0.3, 0.4) is 0 Å². The molecule has 1 amide bonds. The molecule has 0 bridgehead atoms. The van der Waals surface area contributed by atoms with Crippen molar-refractivity contribution in [2.24, 2.45) is 0 Å². The van der Waals surface area contributed by atoms with Crippen LogP contribution in [0.1, 0.15) is 32.3 Å². The first-order valence-electron chi connectivity index (χ1n) is 12.5. The van der Waals surface area contributed by atoms with Crippen molar-refractivity contribution < 1.29 is 22.4 Å². The number of H-pyrrole nitrogens is 1. The predicted molar refractivity (Wildman–Crippen MR) is 149 cm³/mol. The van der Waals surface area contributed by atoms with Crippen molar-refractivity contribution in [2.75, 3.05) is 17.7 Å². The van der Waals surface area contributed by atoms with Crippen molar-refractivity contribution in [3.05, 3.63) is 78.5 Å². The third kappa shape index (κ3) is 5.70. The fourth-order valence-corrected chi connectivity index (χ4v) is 4.97. The molecule has 0 aliphatic carbocycles. The summed E-state index contributed by atoms with van der Waals surface area (Å²) >= 11 is 0. The van der Waals surface area contributed by atoms with Crippen LogP contribution in [0.4, 0.5) is 5.69 Å². The molecule has 0 atom stereocenters. The van der Waals surface area contributed by atoms with Crippen molar-refractivity contribution in [2.45, 2.75) is 31.6 Å². The van der Waals surface area contributed by atoms with Crippen molar-refractivity contribution in [3.8, 4) is 28.5 Å². The van der Waals surface area contributed by atoms with E-state index in [1.807, 2.05) is 36.4 Å². The van der Waals surface area contributed by atoms with Crippen LogP contribution in [-0.2, 0) is 14.6 Å². The second-order valence-electron chi connectivity index (χ2n) is 9.35. The second-order valence-corrected chi connectivity index (χ2v) is 11.6. The molecule has 2 aromatic heterocycles. The Bertz CT molecular complexity index is 1720. The number of ether oxygens (including phenoxy) is 1. The number of hydrogen-bond acceptors (Lipinski definition) is 7. The second kappa shape index (κ2) is 10.7. The molecule has 5 aromatic rings. The summed E-state index contributed by atoms with van der Waals surface area (Å²) in [4.78, 5) is 17.1. The lowest BCUT2D eigenvalue weighted by Gasteiger charge is -2.10. The first-order valence-corrected chi connectivity index (χ1v) is 14.2. The molecule has 3 aromatic carbocycles. The Hall–Kier alpha value is -4.44. The summed E-state index contributed by atoms with van der Waals surface area (Å²) in [6, 6.07) is 19.6. The Kier molecular flexibility index (Phi) is 7.21. The largest absolute Gasteiger partial charge is 0.484 e. The van der Waals surface area contributed by atoms with Crippen molar-refractivity contribution in [1.29, 1.82) is 0 Å². The number of nitrogens with zero attached hydrogens (tertiary/aromatic N) is 2. The Morgan fingerprint density at radius 3 is 2.49 bits per heavy atom. The fourth-order valence-electron chi connectivity index (χ4n) is 4.07. The van der Waals surface area contributed by atoms with E-state index in [1.54, 1.807) is 31.3 Å². The molecule has 39 heavy (non-hydrogen) atoms. The van der Waals surface area contributed by atoms with Gasteiger partial charge in [-0.2, -0.15) is 5.10 Å². The van der Waals surface area contributed by atoms with Gasteiger partial charge in [0.2, 0.25) is 5.89 Å². The molecule has 0 unspecified atom stereocenters. The lowest BCUT2D eigenvalue weighted by molar-refractivity contribution is -0.118. The van der Waals surface area contributed by atoms with Crippen LogP contribution >= 0.6 is 0 Å². The molecule has 2 heterocycles. The molecule has 5 rings (SSSR count). The zero-order chi connectivity index (χ0) is 27.6. The number of aromatic nitrogens is 3. The molecule has 10 heteroatoms. The average molecular weight is 545 g/mol. The zero-order valence-electron chi connectivity index (χ0n) is 21.8. The van der Waals surface area contributed by atoms with E-state index in [1.165, 1.54) is 17.7 Å². The van der Waals surface area contributed by atoms with Gasteiger partial charge in [0.1, 0.15) is 11.3 Å². The number of fused-ring (bicyclic) bond motifs is 1. The number of anilines is 1. The first kappa shape index (κ1) is 26.2. The van der Waals surface area contributed by atoms with Gasteiger partial charge in [-0.15, -0.1) is 0 Å². The Morgan fingerprint density at radius 2 is 1.79 bits per heavy atom. The number of carbonyl (C=O) groups excluding carboxylic acids is 1. The van der Waals surface area contributed by atoms with E-state index in [4.69, 9.17) is 9.15 Å². The van der Waals surface area contributed by atoms with Crippen LogP contribution in [-0.4, -0.2) is 41.9 Å². The SMILES string of the molecule is CCS(=O)(=O)c1ccc2oc(-c3cn[nH]c3-c3ccc(NC(=O)COc4ccc(C(C)C)cc4)cc3)nc2c1. The normalized spacial score (nSPS) is 11.7. The summed E-state index contributed by atoms with van der Waals surface area (Å²) in [5, 5.41) is 9.94. The average Bonchev–Trinajstić information content (AvgIpc) is 3.59. The summed E-state index contributed by atoms with van der Waals surface area (Å²) in [5.74, 6) is 1.12. The third-order valence-corrected chi connectivity index (χ3v) is 8.07. The molecule has 9 nitrogen and oxygen atoms in total. The Labute approximate surface area is 226 Å². The van der Waals surface area contributed by atoms with Gasteiger partial charge in [0.25, 0.3) is 5.91 Å². The van der Waals surface area contributed by atoms with Gasteiger partial charge in [-0.25, -0.2) is 13.4 Å². The highest BCUT2D eigenvalue weighted by atomic mass is 32.2. The highest BCUT2D eigenvalue weighted by molar-refractivity contribution is 7.91. The number of oxazole rings is 1. The van der Waals surface area contributed by atoms with Gasteiger partial charge in [0.05, 0.1) is 28.1 Å². The highest BCUT2D eigenvalue weighted by Crippen LogP contribution is 2.33. The van der Waals surface area contributed by atoms with Crippen molar-refractivity contribution in [3.63, 3.8) is 0 Å². The highest BCUT2D eigenvalue weighted by Gasteiger charge is 2.18. The van der Waals surface area contributed by atoms with Crippen LogP contribution < -0.4 is 10.1 Å². The fraction of sp³-hybridized carbons (Fsp3) is 0.207. The summed E-state index contributed by atoms with van der Waals surface area (Å²) in [6.45, 7) is 5.74. The molecule has 0 spiro atoms. The summed E-state index contributed by atoms with van der Waals surface area (Å²) < 4.78 is 36.0. The standard InChI is InChI=1S/C29H28N4O5S/c1-4-39(35,36)23-13-14-26-25(15-23)32-29(38-26)24-16-30-33-28(24)20-5-9-21(10-6-20)31-27(34)17-37-22-11-7-19(8-12-22)18(2)3/h5-16,18H,4,17H2,1-3H3,(H,30,33)(H,31,34). The lowest BCUT2D eigenvalue weighted by atomic mass is 10.0. The van der Waals surface area contributed by atoms with E-state index in [0.29, 0.717) is 45.6 Å². The number of amides is 1. The molecule has 0 fully saturated rings. The maximum absolute atomic E-state index is 12.4. The number of sulfone groups is 1. The van der Waals surface area contributed by atoms with E-state index < -0.39 is 9.84 Å². The van der Waals surface area contributed by atoms with E-state index in [9.17, 15) is 13.2 Å².